The van der Waals surface area contributed by atoms with Crippen molar-refractivity contribution in [2.45, 2.75) is 25.7 Å². The number of carbonyl (C=O) groups excluding carboxylic acids is 2. The van der Waals surface area contributed by atoms with E-state index in [0.29, 0.717) is 30.8 Å². The first-order valence-corrected chi connectivity index (χ1v) is 7.43. The fourth-order valence-corrected chi connectivity index (χ4v) is 2.96. The van der Waals surface area contributed by atoms with E-state index >= 15 is 0 Å². The molecule has 6 heteroatoms. The van der Waals surface area contributed by atoms with E-state index in [0.717, 1.165) is 24.1 Å². The number of methoxy groups -OCH3 is 1. The van der Waals surface area contributed by atoms with E-state index in [1.165, 1.54) is 5.01 Å². The van der Waals surface area contributed by atoms with Crippen LogP contribution in [0.1, 0.15) is 24.8 Å². The van der Waals surface area contributed by atoms with Gasteiger partial charge in [-0.2, -0.15) is 5.10 Å². The standard InChI is InChI=1S/C16H19N3O3/c1-18-14(20)9-8-12(17-18)16(21)19-10-4-6-11-5-3-7-13(22-2)15(11)19/h3,5,7H,4,6,8-10H2,1-2H3. The Morgan fingerprint density at radius 3 is 2.82 bits per heavy atom. The van der Waals surface area contributed by atoms with Crippen molar-refractivity contribution in [3.63, 3.8) is 0 Å². The lowest BCUT2D eigenvalue weighted by Crippen LogP contribution is -2.43. The molecule has 0 aliphatic carbocycles. The van der Waals surface area contributed by atoms with E-state index in [1.54, 1.807) is 19.1 Å². The van der Waals surface area contributed by atoms with Gasteiger partial charge in [-0.15, -0.1) is 0 Å². The first kappa shape index (κ1) is 14.6. The van der Waals surface area contributed by atoms with Crippen molar-refractivity contribution in [2.24, 2.45) is 5.10 Å². The highest BCUT2D eigenvalue weighted by Crippen LogP contribution is 2.36. The summed E-state index contributed by atoms with van der Waals surface area (Å²) in [5, 5.41) is 5.39. The summed E-state index contributed by atoms with van der Waals surface area (Å²) in [5.74, 6) is 0.504. The van der Waals surface area contributed by atoms with Crippen LogP contribution < -0.4 is 9.64 Å². The summed E-state index contributed by atoms with van der Waals surface area (Å²) in [6.07, 6.45) is 2.56. The predicted molar refractivity (Wildman–Crippen MR) is 83.1 cm³/mol. The number of ether oxygens (including phenoxy) is 1. The normalized spacial score (nSPS) is 17.9. The van der Waals surface area contributed by atoms with E-state index in [4.69, 9.17) is 4.74 Å². The number of nitrogens with zero attached hydrogens (tertiary/aromatic N) is 3. The number of carbonyl (C=O) groups is 2. The molecule has 6 nitrogen and oxygen atoms in total. The zero-order valence-electron chi connectivity index (χ0n) is 12.8. The Morgan fingerprint density at radius 2 is 2.09 bits per heavy atom. The summed E-state index contributed by atoms with van der Waals surface area (Å²) in [5.41, 5.74) is 2.38. The van der Waals surface area contributed by atoms with Crippen LogP contribution in [0.2, 0.25) is 0 Å². The number of anilines is 1. The van der Waals surface area contributed by atoms with E-state index in [1.807, 2.05) is 18.2 Å². The number of hydrogen-bond acceptors (Lipinski definition) is 4. The molecule has 0 radical (unpaired) electrons. The minimum absolute atomic E-state index is 0.0619. The molecule has 0 saturated heterocycles. The van der Waals surface area contributed by atoms with Crippen LogP contribution >= 0.6 is 0 Å². The van der Waals surface area contributed by atoms with Crippen LogP contribution in [0, 0.1) is 0 Å². The highest BCUT2D eigenvalue weighted by Gasteiger charge is 2.31. The monoisotopic (exact) mass is 301 g/mol. The van der Waals surface area contributed by atoms with Crippen molar-refractivity contribution < 1.29 is 14.3 Å². The van der Waals surface area contributed by atoms with Gasteiger partial charge in [-0.3, -0.25) is 9.59 Å². The Balaban J connectivity index is 1.96. The molecule has 0 atom stereocenters. The SMILES string of the molecule is COc1cccc2c1N(C(=O)C1=NN(C)C(=O)CC1)CCC2. The molecular weight excluding hydrogens is 282 g/mol. The Labute approximate surface area is 129 Å². The molecule has 2 aliphatic heterocycles. The first-order valence-electron chi connectivity index (χ1n) is 7.43. The second-order valence-corrected chi connectivity index (χ2v) is 5.49. The molecule has 116 valence electrons. The number of fused-ring (bicyclic) bond motifs is 1. The number of benzene rings is 1. The Hall–Kier alpha value is -2.37. The molecule has 1 aromatic carbocycles. The smallest absolute Gasteiger partial charge is 0.274 e. The molecule has 0 bridgehead atoms. The molecule has 0 fully saturated rings. The predicted octanol–water partition coefficient (Wildman–Crippen LogP) is 1.58. The van der Waals surface area contributed by atoms with Crippen molar-refractivity contribution in [3.05, 3.63) is 23.8 Å². The maximum atomic E-state index is 12.8. The van der Waals surface area contributed by atoms with E-state index in [2.05, 4.69) is 5.10 Å². The van der Waals surface area contributed by atoms with Gasteiger partial charge in [0.2, 0.25) is 5.91 Å². The van der Waals surface area contributed by atoms with Gasteiger partial charge in [0.25, 0.3) is 5.91 Å². The maximum Gasteiger partial charge on any atom is 0.274 e. The third-order valence-electron chi connectivity index (χ3n) is 4.10. The van der Waals surface area contributed by atoms with Crippen molar-refractivity contribution in [1.82, 2.24) is 5.01 Å². The number of amides is 2. The molecule has 2 aliphatic rings. The molecule has 2 amide bonds. The lowest BCUT2D eigenvalue weighted by Gasteiger charge is -2.32. The minimum Gasteiger partial charge on any atom is -0.495 e. The van der Waals surface area contributed by atoms with Crippen molar-refractivity contribution in [2.75, 3.05) is 25.6 Å². The highest BCUT2D eigenvalue weighted by atomic mass is 16.5. The molecule has 22 heavy (non-hydrogen) atoms. The summed E-state index contributed by atoms with van der Waals surface area (Å²) in [7, 11) is 3.19. The molecule has 0 spiro atoms. The molecule has 0 saturated carbocycles. The maximum absolute atomic E-state index is 12.8. The van der Waals surface area contributed by atoms with Crippen LogP contribution in [-0.2, 0) is 16.0 Å². The fraction of sp³-hybridized carbons (Fsp3) is 0.438. The number of aryl methyl sites for hydroxylation is 1. The fourth-order valence-electron chi connectivity index (χ4n) is 2.96. The van der Waals surface area contributed by atoms with Crippen LogP contribution in [0.25, 0.3) is 0 Å². The van der Waals surface area contributed by atoms with Crippen LogP contribution in [0.5, 0.6) is 5.75 Å². The minimum atomic E-state index is -0.134. The van der Waals surface area contributed by atoms with Gasteiger partial charge in [0, 0.05) is 26.4 Å². The molecule has 1 aromatic rings. The average Bonchev–Trinajstić information content (AvgIpc) is 2.55. The number of hydrogen-bond donors (Lipinski definition) is 0. The molecule has 0 unspecified atom stereocenters. The largest absolute Gasteiger partial charge is 0.495 e. The Kier molecular flexibility index (Phi) is 3.83. The van der Waals surface area contributed by atoms with Crippen molar-refractivity contribution in [3.8, 4) is 5.75 Å². The number of para-hydroxylation sites is 1. The van der Waals surface area contributed by atoms with Gasteiger partial charge in [0.05, 0.1) is 12.8 Å². The van der Waals surface area contributed by atoms with Gasteiger partial charge in [-0.25, -0.2) is 5.01 Å². The van der Waals surface area contributed by atoms with E-state index < -0.39 is 0 Å². The molecule has 3 rings (SSSR count). The summed E-state index contributed by atoms with van der Waals surface area (Å²) in [6.45, 7) is 0.642. The quantitative estimate of drug-likeness (QED) is 0.833. The van der Waals surface area contributed by atoms with Crippen LogP contribution in [0.4, 0.5) is 5.69 Å². The lowest BCUT2D eigenvalue weighted by atomic mass is 9.99. The molecule has 2 heterocycles. The third-order valence-corrected chi connectivity index (χ3v) is 4.10. The van der Waals surface area contributed by atoms with E-state index in [9.17, 15) is 9.59 Å². The van der Waals surface area contributed by atoms with Crippen LogP contribution in [-0.4, -0.2) is 43.2 Å². The van der Waals surface area contributed by atoms with Crippen LogP contribution in [0.15, 0.2) is 23.3 Å². The molecular formula is C16H19N3O3. The summed E-state index contributed by atoms with van der Waals surface area (Å²) < 4.78 is 5.42. The van der Waals surface area contributed by atoms with Crippen molar-refractivity contribution in [1.29, 1.82) is 0 Å². The van der Waals surface area contributed by atoms with Gasteiger partial charge in [-0.05, 0) is 24.5 Å². The summed E-state index contributed by atoms with van der Waals surface area (Å²) >= 11 is 0. The third kappa shape index (κ3) is 2.45. The van der Waals surface area contributed by atoms with Gasteiger partial charge < -0.3 is 9.64 Å². The van der Waals surface area contributed by atoms with Gasteiger partial charge in [-0.1, -0.05) is 12.1 Å². The number of rotatable bonds is 2. The average molecular weight is 301 g/mol. The van der Waals surface area contributed by atoms with Gasteiger partial charge in [0.1, 0.15) is 11.5 Å². The summed E-state index contributed by atoms with van der Waals surface area (Å²) in [6, 6.07) is 5.83. The zero-order chi connectivity index (χ0) is 15.7. The highest BCUT2D eigenvalue weighted by molar-refractivity contribution is 6.44. The Bertz CT molecular complexity index is 640. The first-order chi connectivity index (χ1) is 10.6. The second-order valence-electron chi connectivity index (χ2n) is 5.49. The topological polar surface area (TPSA) is 62.2 Å². The van der Waals surface area contributed by atoms with Gasteiger partial charge in [0.15, 0.2) is 0 Å². The second kappa shape index (κ2) is 5.79. The summed E-state index contributed by atoms with van der Waals surface area (Å²) in [4.78, 5) is 26.1. The Morgan fingerprint density at radius 1 is 1.27 bits per heavy atom. The van der Waals surface area contributed by atoms with Crippen LogP contribution in [0.3, 0.4) is 0 Å². The zero-order valence-corrected chi connectivity index (χ0v) is 12.8. The van der Waals surface area contributed by atoms with Crippen molar-refractivity contribution >= 4 is 23.2 Å². The lowest BCUT2D eigenvalue weighted by molar-refractivity contribution is -0.130. The number of hydrazone groups is 1. The van der Waals surface area contributed by atoms with Gasteiger partial charge >= 0.3 is 0 Å². The molecule has 0 N–H and O–H groups in total. The van der Waals surface area contributed by atoms with E-state index in [-0.39, 0.29) is 11.8 Å². The molecule has 0 aromatic heterocycles.